The van der Waals surface area contributed by atoms with Gasteiger partial charge in [0.05, 0.1) is 6.61 Å². The molecule has 0 bridgehead atoms. The van der Waals surface area contributed by atoms with Gasteiger partial charge in [0.1, 0.15) is 13.4 Å². The van der Waals surface area contributed by atoms with E-state index in [1.807, 2.05) is 38.0 Å². The highest BCUT2D eigenvalue weighted by Crippen LogP contribution is 2.04. The molecule has 4 nitrogen and oxygen atoms in total. The van der Waals surface area contributed by atoms with Gasteiger partial charge in [-0.3, -0.25) is 0 Å². The molecule has 0 heterocycles. The largest absolute Gasteiger partial charge is 0.480 e. The van der Waals surface area contributed by atoms with Crippen molar-refractivity contribution in [1.29, 1.82) is 0 Å². The molecule has 0 aliphatic carbocycles. The lowest BCUT2D eigenvalue weighted by molar-refractivity contribution is -0.142. The first-order chi connectivity index (χ1) is 7.18. The Kier molecular flexibility index (Phi) is 6.84. The Morgan fingerprint density at radius 2 is 2.13 bits per heavy atom. The summed E-state index contributed by atoms with van der Waals surface area (Å²) >= 11 is 0. The molecule has 0 aliphatic heterocycles. The van der Waals surface area contributed by atoms with E-state index < -0.39 is 5.97 Å². The second-order valence-electron chi connectivity index (χ2n) is 2.88. The monoisotopic (exact) mass is 210 g/mol. The quantitative estimate of drug-likeness (QED) is 0.816. The third kappa shape index (κ3) is 6.40. The maximum atomic E-state index is 10.1. The summed E-state index contributed by atoms with van der Waals surface area (Å²) in [6, 6.07) is 7.80. The van der Waals surface area contributed by atoms with Crippen LogP contribution in [0.4, 0.5) is 0 Å². The van der Waals surface area contributed by atoms with Gasteiger partial charge in [-0.1, -0.05) is 29.8 Å². The van der Waals surface area contributed by atoms with Crippen LogP contribution in [0.3, 0.4) is 0 Å². The number of carboxylic acids is 1. The second-order valence-corrected chi connectivity index (χ2v) is 2.88. The number of carbonyl (C=O) groups excluding carboxylic acids is 1. The van der Waals surface area contributed by atoms with Gasteiger partial charge in [-0.15, -0.1) is 0 Å². The summed E-state index contributed by atoms with van der Waals surface area (Å²) in [5, 5.41) is 8.32. The summed E-state index contributed by atoms with van der Waals surface area (Å²) in [5.41, 5.74) is 2.15. The number of ether oxygens (including phenoxy) is 1. The fraction of sp³-hybridized carbons (Fsp3) is 0.273. The van der Waals surface area contributed by atoms with Crippen LogP contribution >= 0.6 is 0 Å². The maximum Gasteiger partial charge on any atom is 0.329 e. The van der Waals surface area contributed by atoms with Gasteiger partial charge in [-0.05, 0) is 12.5 Å². The Hall–Kier alpha value is -1.68. The van der Waals surface area contributed by atoms with Gasteiger partial charge >= 0.3 is 5.97 Å². The lowest BCUT2D eigenvalue weighted by Gasteiger charge is -2.01. The SMILES string of the molecule is C=O.Cc1cccc(COCC(=O)O)c1. The molecule has 4 heteroatoms. The maximum absolute atomic E-state index is 10.1. The number of benzene rings is 1. The minimum absolute atomic E-state index is 0.242. The summed E-state index contributed by atoms with van der Waals surface area (Å²) in [6.07, 6.45) is 0. The molecule has 0 aromatic heterocycles. The first kappa shape index (κ1) is 13.3. The molecule has 1 aromatic carbocycles. The average Bonchev–Trinajstić information content (AvgIpc) is 2.20. The molecular formula is C11H14O4. The highest BCUT2D eigenvalue weighted by molar-refractivity contribution is 5.67. The standard InChI is InChI=1S/C10H12O3.CH2O/c1-8-3-2-4-9(5-8)6-13-7-10(11)12;1-2/h2-5H,6-7H2,1H3,(H,11,12);1H2. The van der Waals surface area contributed by atoms with E-state index in [9.17, 15) is 4.79 Å². The fourth-order valence-corrected chi connectivity index (χ4v) is 1.06. The molecule has 0 unspecified atom stereocenters. The fourth-order valence-electron chi connectivity index (χ4n) is 1.06. The summed E-state index contributed by atoms with van der Waals surface area (Å²) in [6.45, 7) is 4.10. The van der Waals surface area contributed by atoms with Crippen molar-refractivity contribution in [3.63, 3.8) is 0 Å². The number of hydrogen-bond donors (Lipinski definition) is 1. The van der Waals surface area contributed by atoms with Gasteiger partial charge in [-0.25, -0.2) is 4.79 Å². The van der Waals surface area contributed by atoms with Crippen LogP contribution in [0.1, 0.15) is 11.1 Å². The number of hydrogen-bond acceptors (Lipinski definition) is 3. The molecule has 1 rings (SSSR count). The van der Waals surface area contributed by atoms with Crippen molar-refractivity contribution < 1.29 is 19.4 Å². The predicted octanol–water partition coefficient (Wildman–Crippen LogP) is 1.41. The number of carbonyl (C=O) groups is 2. The molecule has 15 heavy (non-hydrogen) atoms. The van der Waals surface area contributed by atoms with Crippen molar-refractivity contribution in [2.45, 2.75) is 13.5 Å². The van der Waals surface area contributed by atoms with Gasteiger partial charge < -0.3 is 14.6 Å². The lowest BCUT2D eigenvalue weighted by atomic mass is 10.1. The summed E-state index contributed by atoms with van der Waals surface area (Å²) in [5.74, 6) is -0.937. The first-order valence-electron chi connectivity index (χ1n) is 4.32. The number of rotatable bonds is 4. The van der Waals surface area contributed by atoms with Crippen molar-refractivity contribution in [2.75, 3.05) is 6.61 Å². The van der Waals surface area contributed by atoms with E-state index in [1.165, 1.54) is 0 Å². The van der Waals surface area contributed by atoms with E-state index in [-0.39, 0.29) is 6.61 Å². The lowest BCUT2D eigenvalue weighted by Crippen LogP contribution is -2.06. The average molecular weight is 210 g/mol. The van der Waals surface area contributed by atoms with E-state index in [0.717, 1.165) is 11.1 Å². The van der Waals surface area contributed by atoms with Gasteiger partial charge in [-0.2, -0.15) is 0 Å². The molecule has 82 valence electrons. The molecule has 0 atom stereocenters. The Morgan fingerprint density at radius 3 is 2.67 bits per heavy atom. The number of aliphatic carboxylic acids is 1. The van der Waals surface area contributed by atoms with Crippen LogP contribution in [0.25, 0.3) is 0 Å². The normalized spacial score (nSPS) is 8.87. The van der Waals surface area contributed by atoms with Gasteiger partial charge in [0.25, 0.3) is 0 Å². The molecule has 0 saturated carbocycles. The minimum atomic E-state index is -0.937. The van der Waals surface area contributed by atoms with E-state index in [1.54, 1.807) is 0 Å². The van der Waals surface area contributed by atoms with E-state index in [2.05, 4.69) is 0 Å². The molecule has 0 saturated heterocycles. The molecule has 0 radical (unpaired) electrons. The molecule has 1 N–H and O–H groups in total. The van der Waals surface area contributed by atoms with E-state index >= 15 is 0 Å². The van der Waals surface area contributed by atoms with Crippen LogP contribution in [0.15, 0.2) is 24.3 Å². The zero-order chi connectivity index (χ0) is 11.7. The summed E-state index contributed by atoms with van der Waals surface area (Å²) in [7, 11) is 0. The number of carboxylic acid groups (broad SMARTS) is 1. The molecule has 0 amide bonds. The second kappa shape index (κ2) is 7.70. The van der Waals surface area contributed by atoms with Crippen LogP contribution in [0.5, 0.6) is 0 Å². The van der Waals surface area contributed by atoms with Crippen LogP contribution in [0, 0.1) is 6.92 Å². The first-order valence-corrected chi connectivity index (χ1v) is 4.32. The van der Waals surface area contributed by atoms with Crippen molar-refractivity contribution >= 4 is 12.8 Å². The third-order valence-corrected chi connectivity index (χ3v) is 1.58. The Balaban J connectivity index is 0.000000921. The van der Waals surface area contributed by atoms with Gasteiger partial charge in [0.15, 0.2) is 0 Å². The summed E-state index contributed by atoms with van der Waals surface area (Å²) < 4.78 is 4.94. The van der Waals surface area contributed by atoms with Crippen LogP contribution in [-0.2, 0) is 20.9 Å². The van der Waals surface area contributed by atoms with E-state index in [4.69, 9.17) is 14.6 Å². The van der Waals surface area contributed by atoms with Crippen LogP contribution in [-0.4, -0.2) is 24.5 Å². The smallest absolute Gasteiger partial charge is 0.329 e. The molecule has 1 aromatic rings. The topological polar surface area (TPSA) is 63.6 Å². The zero-order valence-corrected chi connectivity index (χ0v) is 8.60. The molecule has 0 fully saturated rings. The van der Waals surface area contributed by atoms with Crippen molar-refractivity contribution in [3.05, 3.63) is 35.4 Å². The Bertz CT molecular complexity index is 309. The molecular weight excluding hydrogens is 196 g/mol. The van der Waals surface area contributed by atoms with Gasteiger partial charge in [0.2, 0.25) is 0 Å². The molecule has 0 aliphatic rings. The van der Waals surface area contributed by atoms with Crippen molar-refractivity contribution in [3.8, 4) is 0 Å². The van der Waals surface area contributed by atoms with Crippen LogP contribution in [0.2, 0.25) is 0 Å². The Labute approximate surface area is 88.5 Å². The van der Waals surface area contributed by atoms with Crippen LogP contribution < -0.4 is 0 Å². The molecule has 0 spiro atoms. The highest BCUT2D eigenvalue weighted by atomic mass is 16.5. The van der Waals surface area contributed by atoms with Crippen molar-refractivity contribution in [1.82, 2.24) is 0 Å². The third-order valence-electron chi connectivity index (χ3n) is 1.58. The zero-order valence-electron chi connectivity index (χ0n) is 8.60. The number of aryl methyl sites for hydroxylation is 1. The Morgan fingerprint density at radius 1 is 1.47 bits per heavy atom. The van der Waals surface area contributed by atoms with E-state index in [0.29, 0.717) is 6.61 Å². The van der Waals surface area contributed by atoms with Gasteiger partial charge in [0, 0.05) is 0 Å². The minimum Gasteiger partial charge on any atom is -0.480 e. The highest BCUT2D eigenvalue weighted by Gasteiger charge is 1.97. The predicted molar refractivity (Wildman–Crippen MR) is 55.6 cm³/mol. The summed E-state index contributed by atoms with van der Waals surface area (Å²) in [4.78, 5) is 18.1. The van der Waals surface area contributed by atoms with Crippen molar-refractivity contribution in [2.24, 2.45) is 0 Å².